The van der Waals surface area contributed by atoms with Gasteiger partial charge in [0.05, 0.1) is 6.54 Å². The number of aromatic nitrogens is 4. The Kier molecular flexibility index (Phi) is 5.06. The number of fused-ring (bicyclic) bond motifs is 1. The summed E-state index contributed by atoms with van der Waals surface area (Å²) in [6.07, 6.45) is 0. The highest BCUT2D eigenvalue weighted by atomic mass is 32.2. The molecule has 0 unspecified atom stereocenters. The van der Waals surface area contributed by atoms with E-state index >= 15 is 0 Å². The van der Waals surface area contributed by atoms with Crippen molar-refractivity contribution in [3.63, 3.8) is 0 Å². The van der Waals surface area contributed by atoms with Crippen LogP contribution in [0.15, 0.2) is 9.95 Å². The first kappa shape index (κ1) is 17.8. The largest absolute Gasteiger partial charge is 0.340 e. The molecule has 0 bridgehead atoms. The topological polar surface area (TPSA) is 78.8 Å². The van der Waals surface area contributed by atoms with Gasteiger partial charge in [0.2, 0.25) is 5.95 Å². The molecule has 2 aromatic rings. The van der Waals surface area contributed by atoms with Crippen molar-refractivity contribution in [3.05, 3.63) is 10.4 Å². The monoisotopic (exact) mass is 360 g/mol. The van der Waals surface area contributed by atoms with Gasteiger partial charge in [-0.1, -0.05) is 38.5 Å². The smallest absolute Gasteiger partial charge is 0.277 e. The van der Waals surface area contributed by atoms with Gasteiger partial charge in [-0.05, 0) is 6.92 Å². The number of imidazole rings is 1. The molecule has 0 aromatic carbocycles. The molecule has 0 atom stereocenters. The molecule has 0 radical (unpaired) electrons. The number of anilines is 1. The number of hydrogen-bond acceptors (Lipinski definition) is 6. The zero-order chi connectivity index (χ0) is 18.0. The van der Waals surface area contributed by atoms with Gasteiger partial charge in [-0.15, -0.1) is 5.92 Å². The molecule has 0 amide bonds. The van der Waals surface area contributed by atoms with E-state index < -0.39 is 0 Å². The van der Waals surface area contributed by atoms with Crippen LogP contribution in [-0.2, 0) is 6.54 Å². The van der Waals surface area contributed by atoms with Crippen molar-refractivity contribution < 1.29 is 0 Å². The Bertz CT molecular complexity index is 877. The third kappa shape index (κ3) is 3.99. The Balaban J connectivity index is 2.12. The lowest BCUT2D eigenvalue weighted by atomic mass is 10.3. The van der Waals surface area contributed by atoms with E-state index in [0.29, 0.717) is 22.9 Å². The fourth-order valence-electron chi connectivity index (χ4n) is 2.76. The SMILES string of the molecule is CC#CCn1c(N2CCNCC2)nc2nc(SC(C)(C)C)[nH]c(=O)c21. The molecule has 3 rings (SSSR count). The Labute approximate surface area is 151 Å². The second-order valence-electron chi connectivity index (χ2n) is 6.92. The van der Waals surface area contributed by atoms with Gasteiger partial charge in [-0.2, -0.15) is 4.98 Å². The molecule has 2 N–H and O–H groups in total. The zero-order valence-corrected chi connectivity index (χ0v) is 16.0. The fraction of sp³-hybridized carbons (Fsp3) is 0.588. The molecule has 8 heteroatoms. The van der Waals surface area contributed by atoms with E-state index in [2.05, 4.69) is 57.8 Å². The van der Waals surface area contributed by atoms with Crippen molar-refractivity contribution in [1.29, 1.82) is 0 Å². The molecule has 1 fully saturated rings. The van der Waals surface area contributed by atoms with E-state index in [9.17, 15) is 4.79 Å². The highest BCUT2D eigenvalue weighted by Crippen LogP contribution is 2.29. The van der Waals surface area contributed by atoms with Crippen LogP contribution in [0.25, 0.3) is 11.2 Å². The molecular formula is C17H24N6OS. The standard InChI is InChI=1S/C17H24N6OS/c1-5-6-9-23-12-13(20-16(23)22-10-7-18-8-11-22)19-15(21-14(12)24)25-17(2,3)4/h18H,7-11H2,1-4H3,(H,19,21,24). The molecule has 25 heavy (non-hydrogen) atoms. The first-order valence-corrected chi connectivity index (χ1v) is 9.25. The maximum absolute atomic E-state index is 12.7. The van der Waals surface area contributed by atoms with Crippen LogP contribution in [0.3, 0.4) is 0 Å². The predicted octanol–water partition coefficient (Wildman–Crippen LogP) is 1.44. The number of hydrogen-bond donors (Lipinski definition) is 2. The molecule has 1 saturated heterocycles. The van der Waals surface area contributed by atoms with Crippen LogP contribution in [0.5, 0.6) is 0 Å². The molecule has 2 aromatic heterocycles. The van der Waals surface area contributed by atoms with E-state index in [-0.39, 0.29) is 10.3 Å². The summed E-state index contributed by atoms with van der Waals surface area (Å²) < 4.78 is 1.84. The van der Waals surface area contributed by atoms with E-state index in [1.165, 1.54) is 11.8 Å². The highest BCUT2D eigenvalue weighted by Gasteiger charge is 2.23. The average Bonchev–Trinajstić information content (AvgIpc) is 2.91. The number of thioether (sulfide) groups is 1. The second-order valence-corrected chi connectivity index (χ2v) is 8.74. The molecule has 0 spiro atoms. The molecule has 1 aliphatic heterocycles. The summed E-state index contributed by atoms with van der Waals surface area (Å²) in [6, 6.07) is 0. The molecule has 0 aliphatic carbocycles. The molecular weight excluding hydrogens is 336 g/mol. The summed E-state index contributed by atoms with van der Waals surface area (Å²) in [7, 11) is 0. The summed E-state index contributed by atoms with van der Waals surface area (Å²) in [6.45, 7) is 12.0. The zero-order valence-electron chi connectivity index (χ0n) is 15.1. The molecule has 134 valence electrons. The first-order valence-electron chi connectivity index (χ1n) is 8.44. The Morgan fingerprint density at radius 3 is 2.60 bits per heavy atom. The lowest BCUT2D eigenvalue weighted by molar-refractivity contribution is 0.573. The van der Waals surface area contributed by atoms with Gasteiger partial charge in [0.15, 0.2) is 16.3 Å². The minimum atomic E-state index is -0.163. The van der Waals surface area contributed by atoms with E-state index in [1.807, 2.05) is 4.57 Å². The van der Waals surface area contributed by atoms with Crippen molar-refractivity contribution in [2.75, 3.05) is 31.1 Å². The minimum absolute atomic E-state index is 0.0404. The third-order valence-electron chi connectivity index (χ3n) is 3.79. The Hall–Kier alpha value is -1.98. The molecule has 3 heterocycles. The minimum Gasteiger partial charge on any atom is -0.340 e. The van der Waals surface area contributed by atoms with Crippen molar-refractivity contribution in [2.45, 2.75) is 44.1 Å². The van der Waals surface area contributed by atoms with E-state index in [0.717, 1.165) is 32.1 Å². The van der Waals surface area contributed by atoms with Crippen LogP contribution >= 0.6 is 11.8 Å². The van der Waals surface area contributed by atoms with Gasteiger partial charge < -0.3 is 10.2 Å². The van der Waals surface area contributed by atoms with Gasteiger partial charge in [-0.3, -0.25) is 14.3 Å². The number of aromatic amines is 1. The maximum Gasteiger partial charge on any atom is 0.277 e. The predicted molar refractivity (Wildman–Crippen MR) is 102 cm³/mol. The van der Waals surface area contributed by atoms with Crippen molar-refractivity contribution in [1.82, 2.24) is 24.8 Å². The number of nitrogens with one attached hydrogen (secondary N) is 2. The van der Waals surface area contributed by atoms with Crippen LogP contribution in [0.1, 0.15) is 27.7 Å². The summed E-state index contributed by atoms with van der Waals surface area (Å²) in [5.41, 5.74) is 0.819. The number of rotatable bonds is 3. The Morgan fingerprint density at radius 1 is 1.24 bits per heavy atom. The van der Waals surface area contributed by atoms with Crippen molar-refractivity contribution >= 4 is 28.9 Å². The van der Waals surface area contributed by atoms with Crippen LogP contribution < -0.4 is 15.8 Å². The fourth-order valence-corrected chi connectivity index (χ4v) is 3.62. The van der Waals surface area contributed by atoms with Crippen LogP contribution in [0.4, 0.5) is 5.95 Å². The van der Waals surface area contributed by atoms with Gasteiger partial charge in [-0.25, -0.2) is 4.98 Å². The highest BCUT2D eigenvalue weighted by molar-refractivity contribution is 8.00. The summed E-state index contributed by atoms with van der Waals surface area (Å²) >= 11 is 1.53. The van der Waals surface area contributed by atoms with Gasteiger partial charge in [0, 0.05) is 30.9 Å². The maximum atomic E-state index is 12.7. The lowest BCUT2D eigenvalue weighted by Gasteiger charge is -2.28. The number of piperazine rings is 1. The molecule has 7 nitrogen and oxygen atoms in total. The summed E-state index contributed by atoms with van der Waals surface area (Å²) in [5.74, 6) is 6.72. The van der Waals surface area contributed by atoms with Gasteiger partial charge in [0.25, 0.3) is 5.56 Å². The normalized spacial score (nSPS) is 15.3. The van der Waals surface area contributed by atoms with Crippen LogP contribution in [0.2, 0.25) is 0 Å². The number of H-pyrrole nitrogens is 1. The van der Waals surface area contributed by atoms with Crippen LogP contribution in [-0.4, -0.2) is 50.4 Å². The summed E-state index contributed by atoms with van der Waals surface area (Å²) in [4.78, 5) is 27.1. The quantitative estimate of drug-likeness (QED) is 0.490. The van der Waals surface area contributed by atoms with Crippen molar-refractivity contribution in [3.8, 4) is 11.8 Å². The van der Waals surface area contributed by atoms with E-state index in [4.69, 9.17) is 0 Å². The van der Waals surface area contributed by atoms with Crippen molar-refractivity contribution in [2.24, 2.45) is 0 Å². The summed E-state index contributed by atoms with van der Waals surface area (Å²) in [5, 5.41) is 3.93. The Morgan fingerprint density at radius 2 is 1.96 bits per heavy atom. The first-order chi connectivity index (χ1) is 11.9. The average molecular weight is 360 g/mol. The molecule has 1 aliphatic rings. The second kappa shape index (κ2) is 7.10. The lowest BCUT2D eigenvalue weighted by Crippen LogP contribution is -2.44. The third-order valence-corrected chi connectivity index (χ3v) is 4.79. The molecule has 0 saturated carbocycles. The van der Waals surface area contributed by atoms with Gasteiger partial charge in [0.1, 0.15) is 0 Å². The van der Waals surface area contributed by atoms with E-state index in [1.54, 1.807) is 6.92 Å². The number of nitrogens with zero attached hydrogens (tertiary/aromatic N) is 4. The van der Waals surface area contributed by atoms with Crippen LogP contribution in [0, 0.1) is 11.8 Å². The van der Waals surface area contributed by atoms with Gasteiger partial charge >= 0.3 is 0 Å².